The third-order valence-corrected chi connectivity index (χ3v) is 2.53. The molecule has 18 heavy (non-hydrogen) atoms. The zero-order chi connectivity index (χ0) is 13.0. The Morgan fingerprint density at radius 2 is 2.33 bits per heavy atom. The van der Waals surface area contributed by atoms with Crippen molar-refractivity contribution in [1.82, 2.24) is 9.78 Å². The predicted molar refractivity (Wildman–Crippen MR) is 69.9 cm³/mol. The number of aryl methyl sites for hydroxylation is 1. The van der Waals surface area contributed by atoms with Crippen LogP contribution in [-0.2, 0) is 17.9 Å². The molecule has 1 heterocycles. The van der Waals surface area contributed by atoms with Crippen molar-refractivity contribution in [2.45, 2.75) is 20.0 Å². The number of carbonyl (C=O) groups is 1. The normalized spacial score (nSPS) is 10.3. The summed E-state index contributed by atoms with van der Waals surface area (Å²) in [6.45, 7) is 2.60. The molecule has 0 aliphatic carbocycles. The Morgan fingerprint density at radius 1 is 1.50 bits per heavy atom. The van der Waals surface area contributed by atoms with Crippen LogP contribution in [0.1, 0.15) is 11.1 Å². The second-order valence-corrected chi connectivity index (χ2v) is 4.17. The van der Waals surface area contributed by atoms with E-state index in [4.69, 9.17) is 5.73 Å². The predicted octanol–water partition coefficient (Wildman–Crippen LogP) is 1.29. The smallest absolute Gasteiger partial charge is 0.246 e. The number of nitrogens with zero attached hydrogens (tertiary/aromatic N) is 2. The summed E-state index contributed by atoms with van der Waals surface area (Å²) >= 11 is 0. The van der Waals surface area contributed by atoms with E-state index in [-0.39, 0.29) is 12.5 Å². The first-order valence-electron chi connectivity index (χ1n) is 5.75. The largest absolute Gasteiger partial charge is 0.326 e. The van der Waals surface area contributed by atoms with Crippen molar-refractivity contribution in [3.05, 3.63) is 47.8 Å². The Labute approximate surface area is 106 Å². The van der Waals surface area contributed by atoms with Gasteiger partial charge < -0.3 is 11.1 Å². The Hall–Kier alpha value is -2.14. The number of amides is 1. The number of nitrogens with one attached hydrogen (secondary N) is 1. The summed E-state index contributed by atoms with van der Waals surface area (Å²) < 4.78 is 1.58. The van der Waals surface area contributed by atoms with Crippen LogP contribution in [0.15, 0.2) is 36.7 Å². The minimum absolute atomic E-state index is 0.104. The van der Waals surface area contributed by atoms with Crippen molar-refractivity contribution in [3.8, 4) is 0 Å². The van der Waals surface area contributed by atoms with Crippen molar-refractivity contribution >= 4 is 11.6 Å². The van der Waals surface area contributed by atoms with Crippen molar-refractivity contribution in [2.75, 3.05) is 5.32 Å². The van der Waals surface area contributed by atoms with Gasteiger partial charge in [-0.15, -0.1) is 0 Å². The second-order valence-electron chi connectivity index (χ2n) is 4.17. The highest BCUT2D eigenvalue weighted by atomic mass is 16.2. The summed E-state index contributed by atoms with van der Waals surface area (Å²) in [6.07, 6.45) is 3.44. The Balaban J connectivity index is 1.96. The average molecular weight is 244 g/mol. The van der Waals surface area contributed by atoms with Crippen molar-refractivity contribution < 1.29 is 4.79 Å². The van der Waals surface area contributed by atoms with E-state index in [1.54, 1.807) is 17.1 Å². The van der Waals surface area contributed by atoms with Gasteiger partial charge in [0.25, 0.3) is 0 Å². The molecule has 0 atom stereocenters. The molecule has 0 spiro atoms. The highest BCUT2D eigenvalue weighted by Gasteiger charge is 2.05. The van der Waals surface area contributed by atoms with Crippen molar-refractivity contribution in [3.63, 3.8) is 0 Å². The van der Waals surface area contributed by atoms with E-state index in [9.17, 15) is 4.79 Å². The maximum atomic E-state index is 11.8. The van der Waals surface area contributed by atoms with E-state index in [1.807, 2.05) is 31.2 Å². The molecule has 94 valence electrons. The molecule has 1 aromatic carbocycles. The van der Waals surface area contributed by atoms with Gasteiger partial charge in [0.05, 0.1) is 6.20 Å². The van der Waals surface area contributed by atoms with Gasteiger partial charge in [-0.25, -0.2) is 0 Å². The molecule has 1 aromatic heterocycles. The lowest BCUT2D eigenvalue weighted by atomic mass is 10.2. The molecule has 0 fully saturated rings. The van der Waals surface area contributed by atoms with Crippen LogP contribution >= 0.6 is 0 Å². The van der Waals surface area contributed by atoms with Crippen LogP contribution in [0, 0.1) is 6.92 Å². The zero-order valence-corrected chi connectivity index (χ0v) is 10.3. The lowest BCUT2D eigenvalue weighted by molar-refractivity contribution is -0.116. The second kappa shape index (κ2) is 5.46. The zero-order valence-electron chi connectivity index (χ0n) is 10.3. The summed E-state index contributed by atoms with van der Waals surface area (Å²) in [7, 11) is 0. The Kier molecular flexibility index (Phi) is 3.74. The average Bonchev–Trinajstić information content (AvgIpc) is 2.76. The number of aromatic nitrogens is 2. The van der Waals surface area contributed by atoms with E-state index < -0.39 is 0 Å². The maximum Gasteiger partial charge on any atom is 0.246 e. The monoisotopic (exact) mass is 244 g/mol. The van der Waals surface area contributed by atoms with Crippen LogP contribution in [0.25, 0.3) is 0 Å². The fraction of sp³-hybridized carbons (Fsp3) is 0.231. The molecule has 0 unspecified atom stereocenters. The van der Waals surface area contributed by atoms with Crippen LogP contribution in [0.5, 0.6) is 0 Å². The molecular formula is C13H16N4O. The molecule has 0 aliphatic rings. The van der Waals surface area contributed by atoms with Gasteiger partial charge >= 0.3 is 0 Å². The minimum atomic E-state index is -0.104. The Morgan fingerprint density at radius 3 is 3.00 bits per heavy atom. The quantitative estimate of drug-likeness (QED) is 0.851. The van der Waals surface area contributed by atoms with Gasteiger partial charge in [-0.2, -0.15) is 5.10 Å². The molecule has 5 nitrogen and oxygen atoms in total. The number of rotatable bonds is 4. The van der Waals surface area contributed by atoms with Gasteiger partial charge in [0.1, 0.15) is 6.54 Å². The van der Waals surface area contributed by atoms with E-state index in [0.717, 1.165) is 16.8 Å². The van der Waals surface area contributed by atoms with Crippen LogP contribution < -0.4 is 11.1 Å². The number of nitrogens with two attached hydrogens (primary N) is 1. The molecule has 0 saturated carbocycles. The Bertz CT molecular complexity index is 547. The number of hydrogen-bond donors (Lipinski definition) is 2. The molecule has 0 saturated heterocycles. The van der Waals surface area contributed by atoms with Gasteiger partial charge in [-0.05, 0) is 24.6 Å². The van der Waals surface area contributed by atoms with E-state index in [0.29, 0.717) is 6.54 Å². The number of benzene rings is 1. The number of anilines is 1. The van der Waals surface area contributed by atoms with Crippen LogP contribution in [-0.4, -0.2) is 15.7 Å². The SMILES string of the molecule is Cc1cccc(NC(=O)Cn2cc(CN)cn2)c1. The van der Waals surface area contributed by atoms with Crippen LogP contribution in [0.3, 0.4) is 0 Å². The van der Waals surface area contributed by atoms with Crippen LogP contribution in [0.2, 0.25) is 0 Å². The molecule has 3 N–H and O–H groups in total. The van der Waals surface area contributed by atoms with Gasteiger partial charge in [0, 0.05) is 24.0 Å². The van der Waals surface area contributed by atoms with Crippen molar-refractivity contribution in [1.29, 1.82) is 0 Å². The highest BCUT2D eigenvalue weighted by molar-refractivity contribution is 5.90. The fourth-order valence-electron chi connectivity index (χ4n) is 1.67. The molecule has 2 aromatic rings. The molecule has 1 amide bonds. The molecule has 0 aliphatic heterocycles. The van der Waals surface area contributed by atoms with Gasteiger partial charge in [-0.3, -0.25) is 9.48 Å². The van der Waals surface area contributed by atoms with E-state index >= 15 is 0 Å². The van der Waals surface area contributed by atoms with Crippen molar-refractivity contribution in [2.24, 2.45) is 5.73 Å². The lowest BCUT2D eigenvalue weighted by Crippen LogP contribution is -2.19. The topological polar surface area (TPSA) is 72.9 Å². The van der Waals surface area contributed by atoms with E-state index in [1.165, 1.54) is 0 Å². The minimum Gasteiger partial charge on any atom is -0.326 e. The molecule has 0 radical (unpaired) electrons. The number of hydrogen-bond acceptors (Lipinski definition) is 3. The van der Waals surface area contributed by atoms with Gasteiger partial charge in [0.2, 0.25) is 5.91 Å². The molecule has 0 bridgehead atoms. The van der Waals surface area contributed by atoms with E-state index in [2.05, 4.69) is 10.4 Å². The molecular weight excluding hydrogens is 228 g/mol. The summed E-state index contributed by atoms with van der Waals surface area (Å²) in [5, 5.41) is 6.89. The first-order valence-corrected chi connectivity index (χ1v) is 5.75. The summed E-state index contributed by atoms with van der Waals surface area (Å²) in [5.41, 5.74) is 8.30. The summed E-state index contributed by atoms with van der Waals surface area (Å²) in [6, 6.07) is 7.67. The highest BCUT2D eigenvalue weighted by Crippen LogP contribution is 2.09. The first-order chi connectivity index (χ1) is 8.67. The molecule has 2 rings (SSSR count). The van der Waals surface area contributed by atoms with Gasteiger partial charge in [0.15, 0.2) is 0 Å². The summed E-state index contributed by atoms with van der Waals surface area (Å²) in [4.78, 5) is 11.8. The number of carbonyl (C=O) groups excluding carboxylic acids is 1. The molecule has 5 heteroatoms. The summed E-state index contributed by atoms with van der Waals surface area (Å²) in [5.74, 6) is -0.104. The standard InChI is InChI=1S/C13H16N4O/c1-10-3-2-4-12(5-10)16-13(18)9-17-8-11(6-14)7-15-17/h2-5,7-8H,6,9,14H2,1H3,(H,16,18). The third kappa shape index (κ3) is 3.18. The maximum absolute atomic E-state index is 11.8. The fourth-order valence-corrected chi connectivity index (χ4v) is 1.67. The van der Waals surface area contributed by atoms with Crippen LogP contribution in [0.4, 0.5) is 5.69 Å². The lowest BCUT2D eigenvalue weighted by Gasteiger charge is -2.05. The van der Waals surface area contributed by atoms with Gasteiger partial charge in [-0.1, -0.05) is 12.1 Å². The third-order valence-electron chi connectivity index (χ3n) is 2.53. The first kappa shape index (κ1) is 12.3.